The largest absolute Gasteiger partial charge is 0.494 e. The zero-order valence-electron chi connectivity index (χ0n) is 16.0. The summed E-state index contributed by atoms with van der Waals surface area (Å²) >= 11 is 6.45. The lowest BCUT2D eigenvalue weighted by Gasteiger charge is -2.18. The minimum absolute atomic E-state index is 0.138. The van der Waals surface area contributed by atoms with E-state index in [4.69, 9.17) is 22.1 Å². The predicted octanol–water partition coefficient (Wildman–Crippen LogP) is 3.91. The molecule has 0 amide bonds. The molecule has 0 unspecified atom stereocenters. The van der Waals surface area contributed by atoms with Crippen LogP contribution in [0.4, 0.5) is 11.8 Å². The minimum Gasteiger partial charge on any atom is -0.494 e. The lowest BCUT2D eigenvalue weighted by Crippen LogP contribution is -2.18. The molecule has 0 radical (unpaired) electrons. The van der Waals surface area contributed by atoms with Gasteiger partial charge in [-0.25, -0.2) is 4.98 Å². The molecule has 1 fully saturated rings. The molecule has 27 heavy (non-hydrogen) atoms. The molecule has 7 heteroatoms. The zero-order chi connectivity index (χ0) is 19.6. The molecule has 1 heterocycles. The topological polar surface area (TPSA) is 93.3 Å². The van der Waals surface area contributed by atoms with Crippen molar-refractivity contribution < 1.29 is 9.84 Å². The molecule has 3 atom stereocenters. The Morgan fingerprint density at radius 3 is 2.74 bits per heavy atom. The van der Waals surface area contributed by atoms with Crippen LogP contribution in [0.15, 0.2) is 18.2 Å². The summed E-state index contributed by atoms with van der Waals surface area (Å²) in [5.74, 6) is 2.37. The number of halogens is 1. The summed E-state index contributed by atoms with van der Waals surface area (Å²) in [7, 11) is 0. The number of anilines is 2. The maximum absolute atomic E-state index is 9.53. The quantitative estimate of drug-likeness (QED) is 0.647. The van der Waals surface area contributed by atoms with Crippen LogP contribution in [0, 0.1) is 18.8 Å². The van der Waals surface area contributed by atoms with Gasteiger partial charge in [0.15, 0.2) is 0 Å². The van der Waals surface area contributed by atoms with Gasteiger partial charge in [0.1, 0.15) is 16.7 Å². The van der Waals surface area contributed by atoms with Crippen LogP contribution in [0.2, 0.25) is 5.15 Å². The van der Waals surface area contributed by atoms with Crippen molar-refractivity contribution in [2.75, 3.05) is 24.3 Å². The summed E-state index contributed by atoms with van der Waals surface area (Å²) < 4.78 is 5.63. The van der Waals surface area contributed by atoms with Gasteiger partial charge < -0.3 is 20.9 Å². The molecule has 1 aliphatic carbocycles. The monoisotopic (exact) mass is 390 g/mol. The number of aromatic nitrogens is 2. The van der Waals surface area contributed by atoms with Crippen molar-refractivity contribution in [1.82, 2.24) is 9.97 Å². The van der Waals surface area contributed by atoms with Crippen LogP contribution in [0.1, 0.15) is 32.3 Å². The molecule has 1 aromatic heterocycles. The van der Waals surface area contributed by atoms with Crippen LogP contribution < -0.4 is 15.8 Å². The highest BCUT2D eigenvalue weighted by atomic mass is 35.5. The number of hydrogen-bond acceptors (Lipinski definition) is 6. The molecule has 146 valence electrons. The number of benzene rings is 1. The average Bonchev–Trinajstić information content (AvgIpc) is 2.96. The lowest BCUT2D eigenvalue weighted by molar-refractivity contribution is 0.201. The van der Waals surface area contributed by atoms with Crippen molar-refractivity contribution in [1.29, 1.82) is 0 Å². The molecule has 0 bridgehead atoms. The Hall–Kier alpha value is -2.05. The number of nitrogens with two attached hydrogens (primary N) is 1. The van der Waals surface area contributed by atoms with E-state index in [0.717, 1.165) is 35.3 Å². The van der Waals surface area contributed by atoms with Crippen LogP contribution in [-0.4, -0.2) is 34.3 Å². The maximum Gasteiger partial charge on any atom is 0.223 e. The number of ether oxygens (including phenoxy) is 1. The van der Waals surface area contributed by atoms with E-state index >= 15 is 0 Å². The standard InChI is InChI=1S/C20H27ClN4O2/c1-4-27-16-6-5-13(7-12(16)3)17-18(21)24-20(22)25-19(17)23-15-8-11(2)14(9-15)10-26/h5-7,11,14-15,26H,4,8-10H2,1-3H3,(H3,22,23,24,25)/t11-,14+,15-/m0/s1. The van der Waals surface area contributed by atoms with Crippen LogP contribution in [0.25, 0.3) is 11.1 Å². The third-order valence-corrected chi connectivity index (χ3v) is 5.54. The average molecular weight is 391 g/mol. The molecule has 0 spiro atoms. The third kappa shape index (κ3) is 4.28. The Balaban J connectivity index is 1.95. The summed E-state index contributed by atoms with van der Waals surface area (Å²) in [5.41, 5.74) is 8.51. The molecule has 1 aromatic carbocycles. The van der Waals surface area contributed by atoms with Gasteiger partial charge in [-0.3, -0.25) is 0 Å². The highest BCUT2D eigenvalue weighted by Crippen LogP contribution is 2.38. The summed E-state index contributed by atoms with van der Waals surface area (Å²) in [6, 6.07) is 6.12. The van der Waals surface area contributed by atoms with E-state index in [9.17, 15) is 5.11 Å². The Morgan fingerprint density at radius 2 is 2.11 bits per heavy atom. The molecule has 4 N–H and O–H groups in total. The normalized spacial score (nSPS) is 22.0. The number of rotatable bonds is 6. The van der Waals surface area contributed by atoms with Gasteiger partial charge in [-0.1, -0.05) is 24.6 Å². The Morgan fingerprint density at radius 1 is 1.33 bits per heavy atom. The Labute approximate surface area is 165 Å². The second-order valence-electron chi connectivity index (χ2n) is 7.24. The summed E-state index contributed by atoms with van der Waals surface area (Å²) in [5, 5.41) is 13.3. The van der Waals surface area contributed by atoms with Gasteiger partial charge in [-0.15, -0.1) is 0 Å². The first-order valence-electron chi connectivity index (χ1n) is 9.37. The smallest absolute Gasteiger partial charge is 0.223 e. The lowest BCUT2D eigenvalue weighted by atomic mass is 10.00. The summed E-state index contributed by atoms with van der Waals surface area (Å²) in [6.45, 7) is 6.95. The molecular weight excluding hydrogens is 364 g/mol. The van der Waals surface area contributed by atoms with Crippen LogP contribution >= 0.6 is 11.6 Å². The van der Waals surface area contributed by atoms with E-state index in [1.165, 1.54) is 0 Å². The number of aliphatic hydroxyl groups is 1. The second kappa shape index (κ2) is 8.31. The van der Waals surface area contributed by atoms with Crippen molar-refractivity contribution in [3.63, 3.8) is 0 Å². The highest BCUT2D eigenvalue weighted by molar-refractivity contribution is 6.32. The number of nitrogens with one attached hydrogen (secondary N) is 1. The number of hydrogen-bond donors (Lipinski definition) is 3. The van der Waals surface area contributed by atoms with E-state index in [-0.39, 0.29) is 18.6 Å². The summed E-state index contributed by atoms with van der Waals surface area (Å²) in [6.07, 6.45) is 1.86. The first kappa shape index (κ1) is 19.7. The van der Waals surface area contributed by atoms with Gasteiger partial charge in [0.2, 0.25) is 5.95 Å². The summed E-state index contributed by atoms with van der Waals surface area (Å²) in [4.78, 5) is 8.56. The Kier molecular flexibility index (Phi) is 6.07. The van der Waals surface area contributed by atoms with Crippen molar-refractivity contribution in [2.45, 2.75) is 39.7 Å². The first-order valence-corrected chi connectivity index (χ1v) is 9.74. The number of aryl methyl sites for hydroxylation is 1. The van der Waals surface area contributed by atoms with Gasteiger partial charge in [0.25, 0.3) is 0 Å². The number of nitrogens with zero attached hydrogens (tertiary/aromatic N) is 2. The molecule has 2 aromatic rings. The van der Waals surface area contributed by atoms with Crippen molar-refractivity contribution in [2.24, 2.45) is 11.8 Å². The minimum atomic E-state index is 0.138. The molecular formula is C20H27ClN4O2. The number of aliphatic hydroxyl groups excluding tert-OH is 1. The van der Waals surface area contributed by atoms with Crippen molar-refractivity contribution in [3.8, 4) is 16.9 Å². The van der Waals surface area contributed by atoms with Gasteiger partial charge >= 0.3 is 0 Å². The van der Waals surface area contributed by atoms with Crippen LogP contribution in [0.3, 0.4) is 0 Å². The highest BCUT2D eigenvalue weighted by Gasteiger charge is 2.31. The molecule has 6 nitrogen and oxygen atoms in total. The van der Waals surface area contributed by atoms with E-state index in [1.807, 2.05) is 32.0 Å². The van der Waals surface area contributed by atoms with Crippen LogP contribution in [-0.2, 0) is 0 Å². The molecule has 0 aliphatic heterocycles. The molecule has 1 aliphatic rings. The molecule has 3 rings (SSSR count). The van der Waals surface area contributed by atoms with Gasteiger partial charge in [0, 0.05) is 12.6 Å². The van der Waals surface area contributed by atoms with E-state index in [2.05, 4.69) is 22.2 Å². The zero-order valence-corrected chi connectivity index (χ0v) is 16.8. The fraction of sp³-hybridized carbons (Fsp3) is 0.500. The molecule has 0 saturated heterocycles. The van der Waals surface area contributed by atoms with Gasteiger partial charge in [0.05, 0.1) is 12.2 Å². The van der Waals surface area contributed by atoms with E-state index in [0.29, 0.717) is 29.4 Å². The van der Waals surface area contributed by atoms with Gasteiger partial charge in [-0.2, -0.15) is 4.98 Å². The SMILES string of the molecule is CCOc1ccc(-c2c(Cl)nc(N)nc2N[C@@H]2C[C@H](CO)[C@@H](C)C2)cc1C. The maximum atomic E-state index is 9.53. The fourth-order valence-electron chi connectivity index (χ4n) is 3.83. The van der Waals surface area contributed by atoms with Crippen molar-refractivity contribution in [3.05, 3.63) is 28.9 Å². The Bertz CT molecular complexity index is 815. The van der Waals surface area contributed by atoms with Crippen LogP contribution in [0.5, 0.6) is 5.75 Å². The number of nitrogen functional groups attached to an aromatic ring is 1. The van der Waals surface area contributed by atoms with E-state index < -0.39 is 0 Å². The van der Waals surface area contributed by atoms with E-state index in [1.54, 1.807) is 0 Å². The third-order valence-electron chi connectivity index (χ3n) is 5.27. The molecule has 1 saturated carbocycles. The predicted molar refractivity (Wildman–Crippen MR) is 109 cm³/mol. The van der Waals surface area contributed by atoms with Crippen molar-refractivity contribution >= 4 is 23.4 Å². The fourth-order valence-corrected chi connectivity index (χ4v) is 4.12. The first-order chi connectivity index (χ1) is 12.9. The second-order valence-corrected chi connectivity index (χ2v) is 7.60. The van der Waals surface area contributed by atoms with Gasteiger partial charge in [-0.05, 0) is 61.8 Å².